The molecule has 0 saturated carbocycles. The molecule has 1 nitrogen and oxygen atoms in total. The highest BCUT2D eigenvalue weighted by molar-refractivity contribution is 6.50. The number of rotatable bonds is 3. The SMILES string of the molecule is CC(C)[n+]1c(-c2ccccc2)cc(-c2ccccc2)c2c1-c1ccccc1CC2.F[B-](F)(F)F. The summed E-state index contributed by atoms with van der Waals surface area (Å²) in [6.07, 6.45) is 2.18. The van der Waals surface area contributed by atoms with Gasteiger partial charge >= 0.3 is 7.25 Å². The number of aryl methyl sites for hydroxylation is 1. The zero-order chi connectivity index (χ0) is 24.3. The monoisotopic (exact) mass is 463 g/mol. The van der Waals surface area contributed by atoms with Gasteiger partial charge < -0.3 is 17.3 Å². The first-order chi connectivity index (χ1) is 16.2. The van der Waals surface area contributed by atoms with Crippen molar-refractivity contribution in [1.29, 1.82) is 0 Å². The maximum absolute atomic E-state index is 9.75. The second kappa shape index (κ2) is 9.84. The van der Waals surface area contributed by atoms with Gasteiger partial charge in [0.2, 0.25) is 11.4 Å². The van der Waals surface area contributed by atoms with Crippen LogP contribution in [0.5, 0.6) is 0 Å². The Morgan fingerprint density at radius 3 is 1.79 bits per heavy atom. The molecule has 4 aromatic rings. The first-order valence-electron chi connectivity index (χ1n) is 11.4. The van der Waals surface area contributed by atoms with Gasteiger partial charge in [-0.05, 0) is 61.6 Å². The molecule has 1 aliphatic carbocycles. The molecule has 3 aromatic carbocycles. The van der Waals surface area contributed by atoms with Crippen LogP contribution < -0.4 is 4.57 Å². The maximum Gasteiger partial charge on any atom is 0.673 e. The quantitative estimate of drug-likeness (QED) is 0.165. The van der Waals surface area contributed by atoms with Crippen molar-refractivity contribution in [2.45, 2.75) is 32.7 Å². The van der Waals surface area contributed by atoms with Gasteiger partial charge in [0.25, 0.3) is 0 Å². The van der Waals surface area contributed by atoms with E-state index in [0.717, 1.165) is 12.8 Å². The van der Waals surface area contributed by atoms with Gasteiger partial charge in [-0.1, -0.05) is 66.7 Å². The van der Waals surface area contributed by atoms with Gasteiger partial charge in [-0.3, -0.25) is 0 Å². The van der Waals surface area contributed by atoms with Crippen molar-refractivity contribution >= 4 is 7.25 Å². The normalized spacial score (nSPS) is 12.4. The van der Waals surface area contributed by atoms with E-state index in [-0.39, 0.29) is 0 Å². The molecule has 0 radical (unpaired) electrons. The largest absolute Gasteiger partial charge is 0.673 e. The first-order valence-corrected chi connectivity index (χ1v) is 11.4. The Kier molecular flexibility index (Phi) is 6.87. The summed E-state index contributed by atoms with van der Waals surface area (Å²) < 4.78 is 41.6. The third-order valence-electron chi connectivity index (χ3n) is 5.98. The zero-order valence-electron chi connectivity index (χ0n) is 19.2. The minimum Gasteiger partial charge on any atom is -0.418 e. The Bertz CT molecular complexity index is 1260. The summed E-state index contributed by atoms with van der Waals surface area (Å²) in [5, 5.41) is 0. The number of hydrogen-bond acceptors (Lipinski definition) is 0. The van der Waals surface area contributed by atoms with Crippen molar-refractivity contribution < 1.29 is 21.8 Å². The standard InChI is InChI=1S/C28H26N.BF4/c1-20(2)29-27(23-14-7-4-8-15-23)19-26(21-11-5-3-6-12-21)25-18-17-22-13-9-10-16-24(22)28(25)29;2-1(3,4)5/h3-16,19-20H,17-18H2,1-2H3;/q+1;-1. The molecule has 1 heterocycles. The number of hydrogen-bond donors (Lipinski definition) is 0. The molecule has 0 atom stereocenters. The van der Waals surface area contributed by atoms with Crippen LogP contribution in [0, 0.1) is 0 Å². The van der Waals surface area contributed by atoms with Crippen LogP contribution in [-0.2, 0) is 12.8 Å². The molecule has 1 aliphatic rings. The maximum atomic E-state index is 9.75. The Morgan fingerprint density at radius 2 is 1.21 bits per heavy atom. The predicted molar refractivity (Wildman–Crippen MR) is 131 cm³/mol. The first kappa shape index (κ1) is 23.7. The van der Waals surface area contributed by atoms with E-state index in [1.54, 1.807) is 0 Å². The van der Waals surface area contributed by atoms with Gasteiger partial charge in [0, 0.05) is 22.8 Å². The van der Waals surface area contributed by atoms with Crippen molar-refractivity contribution in [3.8, 4) is 33.6 Å². The Hall–Kier alpha value is -3.41. The molecule has 0 N–H and O–H groups in total. The summed E-state index contributed by atoms with van der Waals surface area (Å²) in [6.45, 7) is 4.60. The van der Waals surface area contributed by atoms with Gasteiger partial charge in [0.05, 0.1) is 0 Å². The molecule has 0 amide bonds. The topological polar surface area (TPSA) is 3.88 Å². The number of aromatic nitrogens is 1. The molecule has 34 heavy (non-hydrogen) atoms. The van der Waals surface area contributed by atoms with E-state index in [1.165, 1.54) is 44.8 Å². The van der Waals surface area contributed by atoms with E-state index in [4.69, 9.17) is 0 Å². The molecule has 0 fully saturated rings. The van der Waals surface area contributed by atoms with Crippen LogP contribution in [-0.4, -0.2) is 7.25 Å². The molecule has 6 heteroatoms. The molecular formula is C28H26BF4N. The fourth-order valence-electron chi connectivity index (χ4n) is 4.70. The van der Waals surface area contributed by atoms with Crippen LogP contribution >= 0.6 is 0 Å². The lowest BCUT2D eigenvalue weighted by molar-refractivity contribution is -0.695. The molecular weight excluding hydrogens is 437 g/mol. The molecule has 5 rings (SSSR count). The van der Waals surface area contributed by atoms with E-state index in [9.17, 15) is 17.3 Å². The van der Waals surface area contributed by atoms with Gasteiger partial charge in [-0.25, -0.2) is 0 Å². The van der Waals surface area contributed by atoms with Crippen LogP contribution in [0.3, 0.4) is 0 Å². The van der Waals surface area contributed by atoms with Crippen LogP contribution in [0.15, 0.2) is 91.0 Å². The molecule has 0 spiro atoms. The van der Waals surface area contributed by atoms with Crippen molar-refractivity contribution in [3.05, 3.63) is 102 Å². The molecule has 0 unspecified atom stereocenters. The van der Waals surface area contributed by atoms with E-state index >= 15 is 0 Å². The third kappa shape index (κ3) is 5.22. The highest BCUT2D eigenvalue weighted by Crippen LogP contribution is 2.39. The summed E-state index contributed by atoms with van der Waals surface area (Å²) in [6, 6.07) is 33.4. The minimum atomic E-state index is -6.00. The van der Waals surface area contributed by atoms with Crippen molar-refractivity contribution in [2.24, 2.45) is 0 Å². The highest BCUT2D eigenvalue weighted by atomic mass is 19.5. The molecule has 174 valence electrons. The lowest BCUT2D eigenvalue weighted by Crippen LogP contribution is -2.43. The Balaban J connectivity index is 0.000000499. The van der Waals surface area contributed by atoms with Gasteiger partial charge in [-0.15, -0.1) is 0 Å². The smallest absolute Gasteiger partial charge is 0.418 e. The number of benzene rings is 3. The third-order valence-corrected chi connectivity index (χ3v) is 5.98. The van der Waals surface area contributed by atoms with Crippen LogP contribution in [0.4, 0.5) is 17.3 Å². The van der Waals surface area contributed by atoms with Gasteiger partial charge in [-0.2, -0.15) is 4.57 Å². The van der Waals surface area contributed by atoms with Crippen molar-refractivity contribution in [2.75, 3.05) is 0 Å². The Labute approximate surface area is 197 Å². The fraction of sp³-hybridized carbons (Fsp3) is 0.179. The van der Waals surface area contributed by atoms with Crippen LogP contribution in [0.1, 0.15) is 31.0 Å². The van der Waals surface area contributed by atoms with E-state index in [0.29, 0.717) is 6.04 Å². The van der Waals surface area contributed by atoms with E-state index < -0.39 is 7.25 Å². The molecule has 0 bridgehead atoms. The van der Waals surface area contributed by atoms with Crippen LogP contribution in [0.2, 0.25) is 0 Å². The predicted octanol–water partition coefficient (Wildman–Crippen LogP) is 7.95. The summed E-state index contributed by atoms with van der Waals surface area (Å²) >= 11 is 0. The highest BCUT2D eigenvalue weighted by Gasteiger charge is 2.33. The number of halogens is 4. The second-order valence-corrected chi connectivity index (χ2v) is 8.62. The summed E-state index contributed by atoms with van der Waals surface area (Å²) in [7, 11) is -6.00. The molecule has 1 aromatic heterocycles. The minimum absolute atomic E-state index is 0.370. The van der Waals surface area contributed by atoms with Gasteiger partial charge in [0.1, 0.15) is 0 Å². The van der Waals surface area contributed by atoms with E-state index in [1.807, 2.05) is 0 Å². The average Bonchev–Trinajstić information content (AvgIpc) is 2.82. The zero-order valence-corrected chi connectivity index (χ0v) is 19.2. The fourth-order valence-corrected chi connectivity index (χ4v) is 4.70. The molecule has 0 saturated heterocycles. The van der Waals surface area contributed by atoms with Gasteiger partial charge in [0.15, 0.2) is 6.04 Å². The summed E-state index contributed by atoms with van der Waals surface area (Å²) in [5.74, 6) is 0. The number of fused-ring (bicyclic) bond motifs is 3. The molecule has 0 aliphatic heterocycles. The second-order valence-electron chi connectivity index (χ2n) is 8.62. The Morgan fingerprint density at radius 1 is 0.676 bits per heavy atom. The number of nitrogens with zero attached hydrogens (tertiary/aromatic N) is 1. The van der Waals surface area contributed by atoms with Crippen molar-refractivity contribution in [3.63, 3.8) is 0 Å². The van der Waals surface area contributed by atoms with Crippen molar-refractivity contribution in [1.82, 2.24) is 0 Å². The van der Waals surface area contributed by atoms with E-state index in [2.05, 4.69) is 109 Å². The number of pyridine rings is 1. The average molecular weight is 463 g/mol. The lowest BCUT2D eigenvalue weighted by Gasteiger charge is -2.24. The van der Waals surface area contributed by atoms with Crippen LogP contribution in [0.25, 0.3) is 33.6 Å². The lowest BCUT2D eigenvalue weighted by atomic mass is 9.83. The summed E-state index contributed by atoms with van der Waals surface area (Å²) in [4.78, 5) is 0. The summed E-state index contributed by atoms with van der Waals surface area (Å²) in [5.41, 5.74) is 10.9.